The zero-order valence-corrected chi connectivity index (χ0v) is 9.62. The van der Waals surface area contributed by atoms with Crippen molar-refractivity contribution in [3.05, 3.63) is 60.7 Å². The van der Waals surface area contributed by atoms with Crippen molar-refractivity contribution in [1.82, 2.24) is 0 Å². The molecule has 14 heavy (non-hydrogen) atoms. The highest BCUT2D eigenvalue weighted by Crippen LogP contribution is 1.95. The van der Waals surface area contributed by atoms with Gasteiger partial charge in [-0.2, -0.15) is 12.1 Å². The Bertz CT molecular complexity index is 346. The Morgan fingerprint density at radius 3 is 1.36 bits per heavy atom. The van der Waals surface area contributed by atoms with E-state index in [4.69, 9.17) is 12.1 Å². The van der Waals surface area contributed by atoms with Crippen molar-refractivity contribution >= 4 is 30.4 Å². The average molecular weight is 215 g/mol. The molecule has 0 amide bonds. The molecule has 0 unspecified atom stereocenters. The lowest BCUT2D eigenvalue weighted by Crippen LogP contribution is -2.36. The Labute approximate surface area is 91.3 Å². The summed E-state index contributed by atoms with van der Waals surface area (Å²) in [7, 11) is -0.850. The van der Waals surface area contributed by atoms with Crippen molar-refractivity contribution in [2.24, 2.45) is 0 Å². The summed E-state index contributed by atoms with van der Waals surface area (Å²) in [6.45, 7) is 0. The Kier molecular flexibility index (Phi) is 3.06. The first kappa shape index (κ1) is 9.56. The number of benzene rings is 2. The molecular weight excluding hydrogens is 204 g/mol. The van der Waals surface area contributed by atoms with Gasteiger partial charge in [0.25, 0.3) is 0 Å². The average Bonchev–Trinajstić information content (AvgIpc) is 2.30. The molecule has 69 valence electrons. The summed E-state index contributed by atoms with van der Waals surface area (Å²) in [6.07, 6.45) is 0. The maximum Gasteiger partial charge on any atom is 0.186 e. The molecule has 0 fully saturated rings. The summed E-state index contributed by atoms with van der Waals surface area (Å²) < 4.78 is 0. The molecule has 0 heterocycles. The van der Waals surface area contributed by atoms with Crippen LogP contribution in [-0.2, 0) is 0 Å². The zero-order chi connectivity index (χ0) is 9.80. The Balaban J connectivity index is 2.30. The maximum atomic E-state index is 4.71. The molecule has 0 aliphatic rings. The Morgan fingerprint density at radius 2 is 1.00 bits per heavy atom. The molecule has 0 spiro atoms. The van der Waals surface area contributed by atoms with Gasteiger partial charge >= 0.3 is 0 Å². The Morgan fingerprint density at radius 1 is 0.643 bits per heavy atom. The van der Waals surface area contributed by atoms with Crippen molar-refractivity contribution in [3.63, 3.8) is 0 Å². The third-order valence-electron chi connectivity index (χ3n) is 2.09. The van der Waals surface area contributed by atoms with Crippen LogP contribution in [0.2, 0.25) is 0 Å². The minimum Gasteiger partial charge on any atom is -0.192 e. The van der Waals surface area contributed by atoms with Crippen LogP contribution in [0.15, 0.2) is 60.7 Å². The fraction of sp³-hybridized carbons (Fsp3) is 0. The summed E-state index contributed by atoms with van der Waals surface area (Å²) in [5.74, 6) is 0. The predicted molar refractivity (Wildman–Crippen MR) is 66.9 cm³/mol. The van der Waals surface area contributed by atoms with E-state index >= 15 is 0 Å². The molecule has 0 saturated carbocycles. The molecule has 0 aliphatic heterocycles. The number of rotatable bonds is 2. The van der Waals surface area contributed by atoms with E-state index in [0.29, 0.717) is 0 Å². The fourth-order valence-electron chi connectivity index (χ4n) is 1.36. The van der Waals surface area contributed by atoms with Crippen LogP contribution in [0.3, 0.4) is 0 Å². The smallest absolute Gasteiger partial charge is 0.186 e. The monoisotopic (exact) mass is 215 g/mol. The van der Waals surface area contributed by atoms with E-state index in [0.717, 1.165) is 0 Å². The molecule has 2 aromatic rings. The lowest BCUT2D eigenvalue weighted by atomic mass is 10.4. The van der Waals surface area contributed by atoms with Crippen LogP contribution in [0.5, 0.6) is 0 Å². The summed E-state index contributed by atoms with van der Waals surface area (Å²) >= 11 is 4.71. The van der Waals surface area contributed by atoms with Crippen LogP contribution in [-0.4, -0.2) is 7.95 Å². The van der Waals surface area contributed by atoms with Gasteiger partial charge in [-0.05, 0) is 10.4 Å². The first-order valence-electron chi connectivity index (χ1n) is 4.54. The highest BCUT2D eigenvalue weighted by molar-refractivity contribution is 8.13. The van der Waals surface area contributed by atoms with Gasteiger partial charge in [-0.25, -0.2) is 0 Å². The van der Waals surface area contributed by atoms with Gasteiger partial charge in [-0.15, -0.1) is 0 Å². The molecule has 0 saturated heterocycles. The van der Waals surface area contributed by atoms with Gasteiger partial charge in [-0.3, -0.25) is 0 Å². The SMILES string of the molecule is S[Si](c1ccccc1)c1ccccc1. The van der Waals surface area contributed by atoms with Gasteiger partial charge in [0.15, 0.2) is 7.95 Å². The molecule has 2 aromatic carbocycles. The quantitative estimate of drug-likeness (QED) is 0.572. The second-order valence-corrected chi connectivity index (χ2v) is 6.27. The van der Waals surface area contributed by atoms with Crippen LogP contribution >= 0.6 is 12.1 Å². The van der Waals surface area contributed by atoms with Gasteiger partial charge in [-0.1, -0.05) is 60.7 Å². The maximum absolute atomic E-state index is 4.71. The van der Waals surface area contributed by atoms with Gasteiger partial charge in [0.1, 0.15) is 0 Å². The minimum atomic E-state index is -0.850. The third-order valence-corrected chi connectivity index (χ3v) is 5.40. The molecule has 2 rings (SSSR count). The van der Waals surface area contributed by atoms with Crippen molar-refractivity contribution in [2.45, 2.75) is 0 Å². The standard InChI is InChI=1S/C12H11SSi/c13-14(11-7-3-1-4-8-11)12-9-5-2-6-10-12/h1-10,13H. The summed E-state index contributed by atoms with van der Waals surface area (Å²) in [4.78, 5) is 0. The highest BCUT2D eigenvalue weighted by Gasteiger charge is 2.10. The van der Waals surface area contributed by atoms with E-state index < -0.39 is 7.95 Å². The summed E-state index contributed by atoms with van der Waals surface area (Å²) in [5, 5.41) is 2.68. The van der Waals surface area contributed by atoms with Crippen LogP contribution < -0.4 is 10.4 Å². The first-order valence-corrected chi connectivity index (χ1v) is 7.33. The molecule has 0 N–H and O–H groups in total. The van der Waals surface area contributed by atoms with Crippen LogP contribution in [0.1, 0.15) is 0 Å². The minimum absolute atomic E-state index is 0.850. The number of hydrogen-bond acceptors (Lipinski definition) is 1. The lowest BCUT2D eigenvalue weighted by Gasteiger charge is -2.08. The molecule has 0 bridgehead atoms. The second kappa shape index (κ2) is 4.49. The topological polar surface area (TPSA) is 0 Å². The van der Waals surface area contributed by atoms with E-state index in [9.17, 15) is 0 Å². The van der Waals surface area contributed by atoms with E-state index in [1.807, 2.05) is 12.1 Å². The van der Waals surface area contributed by atoms with Crippen molar-refractivity contribution in [1.29, 1.82) is 0 Å². The third kappa shape index (κ3) is 2.08. The van der Waals surface area contributed by atoms with E-state index in [2.05, 4.69) is 48.5 Å². The Hall–Kier alpha value is -0.993. The molecular formula is C12H11SSi. The van der Waals surface area contributed by atoms with Gasteiger partial charge < -0.3 is 0 Å². The van der Waals surface area contributed by atoms with E-state index in [1.165, 1.54) is 10.4 Å². The van der Waals surface area contributed by atoms with Crippen molar-refractivity contribution < 1.29 is 0 Å². The fourth-order valence-corrected chi connectivity index (χ4v) is 3.60. The van der Waals surface area contributed by atoms with Crippen LogP contribution in [0.4, 0.5) is 0 Å². The molecule has 0 nitrogen and oxygen atoms in total. The van der Waals surface area contributed by atoms with E-state index in [-0.39, 0.29) is 0 Å². The zero-order valence-electron chi connectivity index (χ0n) is 7.72. The molecule has 1 radical (unpaired) electrons. The molecule has 0 aliphatic carbocycles. The summed E-state index contributed by atoms with van der Waals surface area (Å²) in [5.41, 5.74) is 0. The van der Waals surface area contributed by atoms with Crippen LogP contribution in [0.25, 0.3) is 0 Å². The van der Waals surface area contributed by atoms with Crippen LogP contribution in [0, 0.1) is 0 Å². The molecule has 0 aromatic heterocycles. The largest absolute Gasteiger partial charge is 0.192 e. The van der Waals surface area contributed by atoms with Gasteiger partial charge in [0, 0.05) is 0 Å². The van der Waals surface area contributed by atoms with Gasteiger partial charge in [0.05, 0.1) is 0 Å². The van der Waals surface area contributed by atoms with Crippen molar-refractivity contribution in [2.75, 3.05) is 0 Å². The number of hydrogen-bond donors (Lipinski definition) is 1. The highest BCUT2D eigenvalue weighted by atomic mass is 32.3. The first-order chi connectivity index (χ1) is 6.88. The molecule has 0 atom stereocenters. The van der Waals surface area contributed by atoms with E-state index in [1.54, 1.807) is 0 Å². The normalized spacial score (nSPS) is 10.4. The number of thiol groups is 1. The lowest BCUT2D eigenvalue weighted by molar-refractivity contribution is 1.74. The summed E-state index contributed by atoms with van der Waals surface area (Å²) in [6, 6.07) is 20.9. The second-order valence-electron chi connectivity index (χ2n) is 3.08. The molecule has 2 heteroatoms. The predicted octanol–water partition coefficient (Wildman–Crippen LogP) is 1.72. The van der Waals surface area contributed by atoms with Crippen molar-refractivity contribution in [3.8, 4) is 0 Å². The van der Waals surface area contributed by atoms with Gasteiger partial charge in [0.2, 0.25) is 0 Å².